The Morgan fingerprint density at radius 1 is 1.16 bits per heavy atom. The van der Waals surface area contributed by atoms with Gasteiger partial charge in [-0.25, -0.2) is 9.98 Å². The molecular formula is C26H27N5O. The highest BCUT2D eigenvalue weighted by Gasteiger charge is 2.11. The molecule has 0 spiro atoms. The molecule has 0 radical (unpaired) electrons. The lowest BCUT2D eigenvalue weighted by atomic mass is 10.0. The zero-order valence-corrected chi connectivity index (χ0v) is 18.4. The molecule has 162 valence electrons. The molecule has 1 aromatic carbocycles. The van der Waals surface area contributed by atoms with E-state index in [0.29, 0.717) is 23.4 Å². The first-order valence-corrected chi connectivity index (χ1v) is 11.0. The van der Waals surface area contributed by atoms with E-state index in [4.69, 9.17) is 0 Å². The molecule has 1 amide bonds. The van der Waals surface area contributed by atoms with Gasteiger partial charge in [-0.2, -0.15) is 0 Å². The van der Waals surface area contributed by atoms with Gasteiger partial charge in [0.25, 0.3) is 5.91 Å². The summed E-state index contributed by atoms with van der Waals surface area (Å²) in [7, 11) is 0. The van der Waals surface area contributed by atoms with Crippen molar-refractivity contribution < 1.29 is 4.79 Å². The van der Waals surface area contributed by atoms with Gasteiger partial charge in [0, 0.05) is 42.0 Å². The molecular weight excluding hydrogens is 398 g/mol. The summed E-state index contributed by atoms with van der Waals surface area (Å²) < 4.78 is 0. The van der Waals surface area contributed by atoms with Gasteiger partial charge in [-0.05, 0) is 69.4 Å². The first-order chi connectivity index (χ1) is 15.7. The predicted octanol–water partition coefficient (Wildman–Crippen LogP) is 3.89. The summed E-state index contributed by atoms with van der Waals surface area (Å²) in [6, 6.07) is 9.45. The van der Waals surface area contributed by atoms with Crippen LogP contribution in [0.25, 0.3) is 10.9 Å². The van der Waals surface area contributed by atoms with Crippen LogP contribution in [-0.2, 0) is 0 Å². The SMILES string of the molecule is C=Nc1ncc(C#Cc2cc(C(=O)NCCN3CCCCC3)ccc2C)c2cccnc12. The summed E-state index contributed by atoms with van der Waals surface area (Å²) >= 11 is 0. The molecule has 0 atom stereocenters. The van der Waals surface area contributed by atoms with Crippen LogP contribution in [0.5, 0.6) is 0 Å². The fourth-order valence-electron chi connectivity index (χ4n) is 3.92. The van der Waals surface area contributed by atoms with Crippen LogP contribution in [0.15, 0.2) is 47.7 Å². The van der Waals surface area contributed by atoms with Crippen LogP contribution in [0.1, 0.15) is 46.3 Å². The Kier molecular flexibility index (Phi) is 6.88. The van der Waals surface area contributed by atoms with E-state index >= 15 is 0 Å². The van der Waals surface area contributed by atoms with Crippen LogP contribution < -0.4 is 5.32 Å². The number of nitrogens with zero attached hydrogens (tertiary/aromatic N) is 4. The number of fused-ring (bicyclic) bond motifs is 1. The van der Waals surface area contributed by atoms with Crippen molar-refractivity contribution in [2.24, 2.45) is 4.99 Å². The van der Waals surface area contributed by atoms with Crippen molar-refractivity contribution in [3.63, 3.8) is 0 Å². The van der Waals surface area contributed by atoms with Crippen molar-refractivity contribution in [3.8, 4) is 11.8 Å². The maximum atomic E-state index is 12.7. The number of hydrogen-bond acceptors (Lipinski definition) is 5. The Labute approximate surface area is 188 Å². The molecule has 1 saturated heterocycles. The number of aliphatic imine (C=N–C) groups is 1. The number of likely N-dealkylation sites (tertiary alicyclic amines) is 1. The van der Waals surface area contributed by atoms with E-state index in [9.17, 15) is 4.79 Å². The second-order valence-corrected chi connectivity index (χ2v) is 7.99. The number of amides is 1. The summed E-state index contributed by atoms with van der Waals surface area (Å²) in [6.45, 7) is 9.36. The second-order valence-electron chi connectivity index (χ2n) is 7.99. The quantitative estimate of drug-likeness (QED) is 0.497. The molecule has 6 heteroatoms. The third-order valence-electron chi connectivity index (χ3n) is 5.77. The van der Waals surface area contributed by atoms with Crippen LogP contribution in [0.3, 0.4) is 0 Å². The van der Waals surface area contributed by atoms with Gasteiger partial charge in [0.15, 0.2) is 5.82 Å². The molecule has 6 nitrogen and oxygen atoms in total. The molecule has 0 unspecified atom stereocenters. The van der Waals surface area contributed by atoms with Crippen molar-refractivity contribution in [3.05, 3.63) is 65.0 Å². The summed E-state index contributed by atoms with van der Waals surface area (Å²) in [5.74, 6) is 6.83. The Hall–Kier alpha value is -3.56. The highest BCUT2D eigenvalue weighted by molar-refractivity contribution is 5.95. The molecule has 0 saturated carbocycles. The third kappa shape index (κ3) is 5.01. The van der Waals surface area contributed by atoms with Gasteiger partial charge in [-0.3, -0.25) is 9.78 Å². The molecule has 1 aliphatic rings. The lowest BCUT2D eigenvalue weighted by molar-refractivity contribution is 0.0946. The average Bonchev–Trinajstić information content (AvgIpc) is 2.84. The van der Waals surface area contributed by atoms with E-state index in [2.05, 4.69) is 43.7 Å². The number of aromatic nitrogens is 2. The van der Waals surface area contributed by atoms with Crippen molar-refractivity contribution in [2.75, 3.05) is 26.2 Å². The van der Waals surface area contributed by atoms with Crippen LogP contribution in [0.4, 0.5) is 5.82 Å². The van der Waals surface area contributed by atoms with Gasteiger partial charge in [0.05, 0.1) is 5.56 Å². The number of carbonyl (C=O) groups is 1. The largest absolute Gasteiger partial charge is 0.351 e. The maximum Gasteiger partial charge on any atom is 0.251 e. The monoisotopic (exact) mass is 425 g/mol. The molecule has 32 heavy (non-hydrogen) atoms. The van der Waals surface area contributed by atoms with E-state index in [-0.39, 0.29) is 5.91 Å². The summed E-state index contributed by atoms with van der Waals surface area (Å²) in [6.07, 6.45) is 7.21. The number of piperidine rings is 1. The van der Waals surface area contributed by atoms with Gasteiger partial charge in [0.2, 0.25) is 0 Å². The lowest BCUT2D eigenvalue weighted by Crippen LogP contribution is -2.37. The zero-order chi connectivity index (χ0) is 22.3. The van der Waals surface area contributed by atoms with Crippen molar-refractivity contribution in [1.29, 1.82) is 0 Å². The summed E-state index contributed by atoms with van der Waals surface area (Å²) in [4.78, 5) is 27.7. The lowest BCUT2D eigenvalue weighted by Gasteiger charge is -2.26. The highest BCUT2D eigenvalue weighted by atomic mass is 16.1. The standard InChI is InChI=1S/C26H27N5O/c1-19-8-9-21(26(32)29-13-16-31-14-4-3-5-15-31)17-20(19)10-11-22-18-30-25(27-2)24-23(22)7-6-12-28-24/h6-9,12,17-18H,2-5,13-16H2,1H3,(H,29,32). The second kappa shape index (κ2) is 10.2. The molecule has 2 aromatic heterocycles. The van der Waals surface area contributed by atoms with Crippen molar-refractivity contribution in [1.82, 2.24) is 20.2 Å². The van der Waals surface area contributed by atoms with E-state index in [1.54, 1.807) is 12.4 Å². The van der Waals surface area contributed by atoms with E-state index in [1.807, 2.05) is 37.3 Å². The smallest absolute Gasteiger partial charge is 0.251 e. The number of hydrogen-bond donors (Lipinski definition) is 1. The Morgan fingerprint density at radius 2 is 1.97 bits per heavy atom. The molecule has 3 heterocycles. The molecule has 1 fully saturated rings. The fraction of sp³-hybridized carbons (Fsp3) is 0.308. The molecule has 1 aliphatic heterocycles. The van der Waals surface area contributed by atoms with Crippen LogP contribution >= 0.6 is 0 Å². The topological polar surface area (TPSA) is 70.5 Å². The molecule has 4 rings (SSSR count). The molecule has 3 aromatic rings. The zero-order valence-electron chi connectivity index (χ0n) is 18.4. The number of benzene rings is 1. The van der Waals surface area contributed by atoms with E-state index in [1.165, 1.54) is 19.3 Å². The third-order valence-corrected chi connectivity index (χ3v) is 5.77. The molecule has 0 aliphatic carbocycles. The van der Waals surface area contributed by atoms with E-state index in [0.717, 1.165) is 41.7 Å². The first kappa shape index (κ1) is 21.7. The number of aryl methyl sites for hydroxylation is 1. The number of nitrogens with one attached hydrogen (secondary N) is 1. The van der Waals surface area contributed by atoms with Gasteiger partial charge in [-0.15, -0.1) is 0 Å². The molecule has 0 bridgehead atoms. The minimum Gasteiger partial charge on any atom is -0.351 e. The van der Waals surface area contributed by atoms with Gasteiger partial charge < -0.3 is 10.2 Å². The maximum absolute atomic E-state index is 12.7. The van der Waals surface area contributed by atoms with Crippen molar-refractivity contribution in [2.45, 2.75) is 26.2 Å². The number of carbonyl (C=O) groups excluding carboxylic acids is 1. The van der Waals surface area contributed by atoms with Gasteiger partial charge in [0.1, 0.15) is 5.52 Å². The van der Waals surface area contributed by atoms with Gasteiger partial charge in [-0.1, -0.05) is 24.3 Å². The van der Waals surface area contributed by atoms with Crippen LogP contribution in [0, 0.1) is 18.8 Å². The summed E-state index contributed by atoms with van der Waals surface area (Å²) in [5, 5.41) is 3.92. The fourth-order valence-corrected chi connectivity index (χ4v) is 3.92. The Bertz CT molecular complexity index is 1200. The van der Waals surface area contributed by atoms with E-state index < -0.39 is 0 Å². The first-order valence-electron chi connectivity index (χ1n) is 11.0. The number of rotatable bonds is 5. The average molecular weight is 426 g/mol. The van der Waals surface area contributed by atoms with Gasteiger partial charge >= 0.3 is 0 Å². The van der Waals surface area contributed by atoms with Crippen molar-refractivity contribution >= 4 is 29.3 Å². The Morgan fingerprint density at radius 3 is 2.78 bits per heavy atom. The highest BCUT2D eigenvalue weighted by Crippen LogP contribution is 2.23. The normalized spacial score (nSPS) is 13.9. The minimum atomic E-state index is -0.0669. The Balaban J connectivity index is 1.51. The number of pyridine rings is 2. The minimum absolute atomic E-state index is 0.0669. The predicted molar refractivity (Wildman–Crippen MR) is 129 cm³/mol. The van der Waals surface area contributed by atoms with Crippen LogP contribution in [-0.4, -0.2) is 53.7 Å². The summed E-state index contributed by atoms with van der Waals surface area (Å²) in [5.41, 5.74) is 3.89. The van der Waals surface area contributed by atoms with Crippen LogP contribution in [0.2, 0.25) is 0 Å². The molecule has 1 N–H and O–H groups in total.